The first kappa shape index (κ1) is 22.2. The Labute approximate surface area is 181 Å². The number of rotatable bonds is 9. The smallest absolute Gasteiger partial charge is 0.338 e. The van der Waals surface area contributed by atoms with Gasteiger partial charge in [0.25, 0.3) is 0 Å². The summed E-state index contributed by atoms with van der Waals surface area (Å²) in [5.41, 5.74) is 2.82. The largest absolute Gasteiger partial charge is 0.493 e. The lowest BCUT2D eigenvalue weighted by molar-refractivity contribution is -0.647. The molecule has 0 spiro atoms. The molecule has 8 nitrogen and oxygen atoms in total. The van der Waals surface area contributed by atoms with Gasteiger partial charge in [-0.25, -0.2) is 9.59 Å². The quantitative estimate of drug-likeness (QED) is 0.414. The Kier molecular flexibility index (Phi) is 7.50. The van der Waals surface area contributed by atoms with Crippen LogP contribution in [0.3, 0.4) is 0 Å². The van der Waals surface area contributed by atoms with E-state index >= 15 is 0 Å². The molecule has 0 radical (unpaired) electrons. The fourth-order valence-corrected chi connectivity index (χ4v) is 3.57. The number of hydrogen-bond donors (Lipinski definition) is 3. The van der Waals surface area contributed by atoms with Crippen LogP contribution in [-0.2, 0) is 16.0 Å². The number of urea groups is 1. The van der Waals surface area contributed by atoms with Crippen LogP contribution >= 0.6 is 0 Å². The van der Waals surface area contributed by atoms with Crippen molar-refractivity contribution in [1.29, 1.82) is 0 Å². The zero-order chi connectivity index (χ0) is 22.2. The molecule has 1 aliphatic heterocycles. The van der Waals surface area contributed by atoms with E-state index in [4.69, 9.17) is 14.2 Å². The Bertz CT molecular complexity index is 959. The van der Waals surface area contributed by atoms with Crippen molar-refractivity contribution in [3.8, 4) is 11.5 Å². The van der Waals surface area contributed by atoms with E-state index in [-0.39, 0.29) is 6.03 Å². The van der Waals surface area contributed by atoms with E-state index in [1.807, 2.05) is 18.2 Å². The Morgan fingerprint density at radius 3 is 2.45 bits per heavy atom. The second-order valence-electron chi connectivity index (χ2n) is 7.05. The lowest BCUT2D eigenvalue weighted by atomic mass is 9.94. The standard InChI is InChI=1S/C23H27N3O5/c1-29-18-10-9-16(13-19(18)30-2)21-20(22(27)31-3)17(25-23(28)26-21)14-24-12-11-15-7-5-4-6-8-15/h4-10,13,21,24H,11-12,14H2,1-3H3,(H2,25,26,28)/p+1/t21-/m0/s1. The first-order valence-corrected chi connectivity index (χ1v) is 10.0. The maximum Gasteiger partial charge on any atom is 0.338 e. The Hall–Kier alpha value is -3.52. The van der Waals surface area contributed by atoms with Crippen molar-refractivity contribution in [2.45, 2.75) is 12.5 Å². The summed E-state index contributed by atoms with van der Waals surface area (Å²) in [6.45, 7) is 1.25. The van der Waals surface area contributed by atoms with E-state index in [1.54, 1.807) is 25.3 Å². The first-order chi connectivity index (χ1) is 15.1. The fourth-order valence-electron chi connectivity index (χ4n) is 3.57. The van der Waals surface area contributed by atoms with Crippen LogP contribution in [0.4, 0.5) is 4.79 Å². The van der Waals surface area contributed by atoms with Crippen molar-refractivity contribution in [2.75, 3.05) is 34.4 Å². The molecular formula is C23H28N3O5+. The maximum atomic E-state index is 12.7. The fraction of sp³-hybridized carbons (Fsp3) is 0.304. The van der Waals surface area contributed by atoms with Crippen LogP contribution in [0.5, 0.6) is 11.5 Å². The van der Waals surface area contributed by atoms with Gasteiger partial charge in [0.05, 0.1) is 45.2 Å². The summed E-state index contributed by atoms with van der Waals surface area (Å²) in [5.74, 6) is 0.566. The molecule has 0 fully saturated rings. The zero-order valence-electron chi connectivity index (χ0n) is 17.9. The second-order valence-corrected chi connectivity index (χ2v) is 7.05. The number of benzene rings is 2. The molecule has 2 aromatic rings. The number of nitrogens with one attached hydrogen (secondary N) is 2. The summed E-state index contributed by atoms with van der Waals surface area (Å²) in [4.78, 5) is 25.0. The van der Waals surface area contributed by atoms with Gasteiger partial charge in [-0.3, -0.25) is 0 Å². The highest BCUT2D eigenvalue weighted by molar-refractivity contribution is 5.95. The number of nitrogens with two attached hydrogens (primary N) is 1. The average molecular weight is 426 g/mol. The molecule has 0 aliphatic carbocycles. The van der Waals surface area contributed by atoms with Crippen LogP contribution in [0.25, 0.3) is 0 Å². The molecule has 1 aliphatic rings. The highest BCUT2D eigenvalue weighted by Crippen LogP contribution is 2.34. The van der Waals surface area contributed by atoms with Crippen molar-refractivity contribution in [3.05, 3.63) is 70.9 Å². The third-order valence-electron chi connectivity index (χ3n) is 5.13. The molecule has 0 unspecified atom stereocenters. The summed E-state index contributed by atoms with van der Waals surface area (Å²) < 4.78 is 15.7. The number of quaternary nitrogens is 1. The van der Waals surface area contributed by atoms with Gasteiger partial charge >= 0.3 is 12.0 Å². The molecular weight excluding hydrogens is 398 g/mol. The average Bonchev–Trinajstić information content (AvgIpc) is 2.81. The molecule has 0 saturated carbocycles. The Morgan fingerprint density at radius 1 is 1.03 bits per heavy atom. The lowest BCUT2D eigenvalue weighted by Crippen LogP contribution is -2.86. The van der Waals surface area contributed by atoms with Gasteiger partial charge in [0.1, 0.15) is 6.54 Å². The van der Waals surface area contributed by atoms with Gasteiger partial charge < -0.3 is 30.2 Å². The minimum Gasteiger partial charge on any atom is -0.493 e. The molecule has 1 heterocycles. The molecule has 0 aromatic heterocycles. The van der Waals surface area contributed by atoms with E-state index in [2.05, 4.69) is 28.1 Å². The minimum absolute atomic E-state index is 0.366. The summed E-state index contributed by atoms with van der Waals surface area (Å²) in [5, 5.41) is 7.64. The minimum atomic E-state index is -0.668. The third kappa shape index (κ3) is 5.35. The molecule has 31 heavy (non-hydrogen) atoms. The van der Waals surface area contributed by atoms with Crippen LogP contribution in [-0.4, -0.2) is 46.4 Å². The Morgan fingerprint density at radius 2 is 1.77 bits per heavy atom. The Balaban J connectivity index is 1.84. The zero-order valence-corrected chi connectivity index (χ0v) is 17.9. The van der Waals surface area contributed by atoms with E-state index in [1.165, 1.54) is 19.8 Å². The number of methoxy groups -OCH3 is 3. The highest BCUT2D eigenvalue weighted by atomic mass is 16.5. The first-order valence-electron chi connectivity index (χ1n) is 10.0. The molecule has 3 rings (SSSR count). The van der Waals surface area contributed by atoms with Crippen LogP contribution in [0.1, 0.15) is 17.2 Å². The van der Waals surface area contributed by atoms with Crippen molar-refractivity contribution in [3.63, 3.8) is 0 Å². The van der Waals surface area contributed by atoms with Gasteiger partial charge in [0, 0.05) is 6.42 Å². The molecule has 164 valence electrons. The third-order valence-corrected chi connectivity index (χ3v) is 5.13. The van der Waals surface area contributed by atoms with Gasteiger partial charge in [0.15, 0.2) is 11.5 Å². The van der Waals surface area contributed by atoms with E-state index in [0.717, 1.165) is 13.0 Å². The van der Waals surface area contributed by atoms with E-state index in [0.29, 0.717) is 34.9 Å². The van der Waals surface area contributed by atoms with Crippen LogP contribution in [0.2, 0.25) is 0 Å². The number of ether oxygens (including phenoxy) is 3. The molecule has 0 bridgehead atoms. The monoisotopic (exact) mass is 426 g/mol. The SMILES string of the molecule is COC(=O)C1=C(C[NH2+]CCc2ccccc2)NC(=O)N[C@H]1c1ccc(OC)c(OC)c1. The molecule has 4 N–H and O–H groups in total. The van der Waals surface area contributed by atoms with E-state index in [9.17, 15) is 9.59 Å². The van der Waals surface area contributed by atoms with Gasteiger partial charge in [-0.05, 0) is 23.3 Å². The number of amides is 2. The topological polar surface area (TPSA) is 102 Å². The number of hydrogen-bond acceptors (Lipinski definition) is 5. The molecule has 8 heteroatoms. The van der Waals surface area contributed by atoms with Crippen molar-refractivity contribution < 1.29 is 29.1 Å². The van der Waals surface area contributed by atoms with Gasteiger partial charge in [0.2, 0.25) is 0 Å². The second kappa shape index (κ2) is 10.5. The molecule has 2 amide bonds. The highest BCUT2D eigenvalue weighted by Gasteiger charge is 2.34. The number of carbonyl (C=O) groups is 2. The van der Waals surface area contributed by atoms with Gasteiger partial charge in [-0.1, -0.05) is 36.4 Å². The van der Waals surface area contributed by atoms with Crippen LogP contribution in [0.15, 0.2) is 59.8 Å². The lowest BCUT2D eigenvalue weighted by Gasteiger charge is -2.29. The normalized spacial score (nSPS) is 15.7. The van der Waals surface area contributed by atoms with E-state index < -0.39 is 12.0 Å². The maximum absolute atomic E-state index is 12.7. The predicted octanol–water partition coefficient (Wildman–Crippen LogP) is 1.29. The van der Waals surface area contributed by atoms with Crippen molar-refractivity contribution >= 4 is 12.0 Å². The number of carbonyl (C=O) groups excluding carboxylic acids is 2. The van der Waals surface area contributed by atoms with Crippen LogP contribution < -0.4 is 25.4 Å². The summed E-state index contributed by atoms with van der Waals surface area (Å²) in [7, 11) is 4.41. The summed E-state index contributed by atoms with van der Waals surface area (Å²) >= 11 is 0. The van der Waals surface area contributed by atoms with Crippen molar-refractivity contribution in [1.82, 2.24) is 10.6 Å². The van der Waals surface area contributed by atoms with Gasteiger partial charge in [-0.15, -0.1) is 0 Å². The summed E-state index contributed by atoms with van der Waals surface area (Å²) in [6.07, 6.45) is 0.882. The van der Waals surface area contributed by atoms with Crippen molar-refractivity contribution in [2.24, 2.45) is 0 Å². The summed E-state index contributed by atoms with van der Waals surface area (Å²) in [6, 6.07) is 14.4. The van der Waals surface area contributed by atoms with Gasteiger partial charge in [-0.2, -0.15) is 0 Å². The number of esters is 1. The molecule has 0 saturated heterocycles. The van der Waals surface area contributed by atoms with Crippen LogP contribution in [0, 0.1) is 0 Å². The molecule has 2 aromatic carbocycles. The molecule has 1 atom stereocenters. The predicted molar refractivity (Wildman–Crippen MR) is 115 cm³/mol.